The van der Waals surface area contributed by atoms with Crippen LogP contribution in [0.3, 0.4) is 0 Å². The quantitative estimate of drug-likeness (QED) is 0.819. The number of aryl methyl sites for hydroxylation is 2. The summed E-state index contributed by atoms with van der Waals surface area (Å²) < 4.78 is 1.75. The number of hydrogen-bond acceptors (Lipinski definition) is 4. The summed E-state index contributed by atoms with van der Waals surface area (Å²) in [7, 11) is 3.86. The van der Waals surface area contributed by atoms with Crippen LogP contribution in [0.25, 0.3) is 0 Å². The molecule has 1 aliphatic heterocycles. The zero-order valence-corrected chi connectivity index (χ0v) is 11.9. The van der Waals surface area contributed by atoms with Gasteiger partial charge >= 0.3 is 0 Å². The molecule has 0 aliphatic carbocycles. The fraction of sp³-hybridized carbons (Fsp3) is 0.692. The molecular weight excluding hydrogens is 242 g/mol. The van der Waals surface area contributed by atoms with Crippen LogP contribution in [0, 0.1) is 12.8 Å². The molecular formula is C13H23N5O. The molecule has 1 aromatic heterocycles. The number of hydrogen-bond donors (Lipinski definition) is 2. The van der Waals surface area contributed by atoms with Gasteiger partial charge in [0.25, 0.3) is 5.91 Å². The number of carbonyl (C=O) groups excluding carboxylic acids is 1. The highest BCUT2D eigenvalue weighted by Gasteiger charge is 2.23. The summed E-state index contributed by atoms with van der Waals surface area (Å²) in [6.45, 7) is 4.90. The molecule has 19 heavy (non-hydrogen) atoms. The third kappa shape index (κ3) is 2.89. The highest BCUT2D eigenvalue weighted by atomic mass is 16.1. The van der Waals surface area contributed by atoms with Gasteiger partial charge in [-0.3, -0.25) is 9.48 Å². The summed E-state index contributed by atoms with van der Waals surface area (Å²) in [5.74, 6) is 1.07. The summed E-state index contributed by atoms with van der Waals surface area (Å²) in [4.78, 5) is 13.7. The van der Waals surface area contributed by atoms with E-state index in [2.05, 4.69) is 15.3 Å². The first-order valence-electron chi connectivity index (χ1n) is 6.76. The van der Waals surface area contributed by atoms with Gasteiger partial charge in [0.2, 0.25) is 0 Å². The summed E-state index contributed by atoms with van der Waals surface area (Å²) in [6, 6.07) is 0. The Morgan fingerprint density at radius 1 is 1.53 bits per heavy atom. The van der Waals surface area contributed by atoms with Crippen LogP contribution in [0.4, 0.5) is 5.82 Å². The number of nitrogens with two attached hydrogens (primary N) is 1. The summed E-state index contributed by atoms with van der Waals surface area (Å²) >= 11 is 0. The van der Waals surface area contributed by atoms with Crippen LogP contribution in [0.1, 0.15) is 28.9 Å². The molecule has 0 radical (unpaired) electrons. The van der Waals surface area contributed by atoms with E-state index in [0.29, 0.717) is 17.2 Å². The molecule has 0 atom stereocenters. The Kier molecular flexibility index (Phi) is 4.09. The Bertz CT molecular complexity index is 462. The van der Waals surface area contributed by atoms with Crippen LogP contribution < -0.4 is 16.0 Å². The van der Waals surface area contributed by atoms with Gasteiger partial charge in [-0.05, 0) is 38.8 Å². The van der Waals surface area contributed by atoms with Crippen LogP contribution in [0.2, 0.25) is 0 Å². The molecule has 1 saturated heterocycles. The molecule has 6 heteroatoms. The lowest BCUT2D eigenvalue weighted by atomic mass is 9.97. The second kappa shape index (κ2) is 5.61. The summed E-state index contributed by atoms with van der Waals surface area (Å²) in [5, 5.41) is 7.67. The molecule has 0 unspecified atom stereocenters. The highest BCUT2D eigenvalue weighted by molar-refractivity contribution is 5.99. The molecule has 106 valence electrons. The highest BCUT2D eigenvalue weighted by Crippen LogP contribution is 2.24. The minimum Gasteiger partial charge on any atom is -0.365 e. The maximum atomic E-state index is 11.6. The van der Waals surface area contributed by atoms with Crippen LogP contribution in [-0.4, -0.2) is 42.4 Å². The molecule has 0 aromatic carbocycles. The molecule has 2 rings (SSSR count). The van der Waals surface area contributed by atoms with E-state index in [-0.39, 0.29) is 0 Å². The molecule has 1 aromatic rings. The number of rotatable bonds is 4. The topological polar surface area (TPSA) is 76.2 Å². The van der Waals surface area contributed by atoms with Gasteiger partial charge in [0, 0.05) is 20.6 Å². The first-order chi connectivity index (χ1) is 9.00. The van der Waals surface area contributed by atoms with E-state index < -0.39 is 5.91 Å². The maximum absolute atomic E-state index is 11.6. The zero-order chi connectivity index (χ0) is 14.0. The van der Waals surface area contributed by atoms with Gasteiger partial charge in [-0.1, -0.05) is 0 Å². The Labute approximate surface area is 113 Å². The minimum atomic E-state index is -0.405. The lowest BCUT2D eigenvalue weighted by Gasteiger charge is -2.29. The van der Waals surface area contributed by atoms with Gasteiger partial charge < -0.3 is 16.0 Å². The van der Waals surface area contributed by atoms with Gasteiger partial charge in [0.15, 0.2) is 0 Å². The fourth-order valence-corrected chi connectivity index (χ4v) is 2.91. The number of primary amides is 1. The van der Waals surface area contributed by atoms with Crippen molar-refractivity contribution in [3.8, 4) is 0 Å². The number of nitrogens with zero attached hydrogens (tertiary/aromatic N) is 3. The van der Waals surface area contributed by atoms with Crippen LogP contribution in [-0.2, 0) is 7.05 Å². The second-order valence-electron chi connectivity index (χ2n) is 5.35. The monoisotopic (exact) mass is 265 g/mol. The molecule has 1 amide bonds. The molecule has 2 heterocycles. The Hall–Kier alpha value is -1.56. The van der Waals surface area contributed by atoms with E-state index in [1.165, 1.54) is 12.8 Å². The van der Waals surface area contributed by atoms with Crippen molar-refractivity contribution in [2.24, 2.45) is 18.7 Å². The minimum absolute atomic E-state index is 0.405. The SMILES string of the molecule is Cc1nn(C)c(N(C)CC2CCNCC2)c1C(N)=O. The number of amides is 1. The predicted molar refractivity (Wildman–Crippen MR) is 75.3 cm³/mol. The molecule has 3 N–H and O–H groups in total. The van der Waals surface area contributed by atoms with Crippen molar-refractivity contribution in [2.45, 2.75) is 19.8 Å². The van der Waals surface area contributed by atoms with Crippen molar-refractivity contribution in [1.29, 1.82) is 0 Å². The molecule has 6 nitrogen and oxygen atoms in total. The number of nitrogens with one attached hydrogen (secondary N) is 1. The van der Waals surface area contributed by atoms with E-state index >= 15 is 0 Å². The molecule has 0 bridgehead atoms. The van der Waals surface area contributed by atoms with Crippen molar-refractivity contribution in [2.75, 3.05) is 31.6 Å². The van der Waals surface area contributed by atoms with Crippen molar-refractivity contribution in [1.82, 2.24) is 15.1 Å². The third-order valence-electron chi connectivity index (χ3n) is 3.79. The molecule has 1 aliphatic rings. The zero-order valence-electron chi connectivity index (χ0n) is 11.9. The lowest BCUT2D eigenvalue weighted by molar-refractivity contribution is 0.1000. The maximum Gasteiger partial charge on any atom is 0.254 e. The van der Waals surface area contributed by atoms with E-state index in [1.54, 1.807) is 4.68 Å². The summed E-state index contributed by atoms with van der Waals surface area (Å²) in [5.41, 5.74) is 6.71. The first-order valence-corrected chi connectivity index (χ1v) is 6.76. The fourth-order valence-electron chi connectivity index (χ4n) is 2.91. The second-order valence-corrected chi connectivity index (χ2v) is 5.35. The predicted octanol–water partition coefficient (Wildman–Crippen LogP) is 0.263. The molecule has 0 saturated carbocycles. The van der Waals surface area contributed by atoms with E-state index in [9.17, 15) is 4.79 Å². The van der Waals surface area contributed by atoms with Crippen LogP contribution >= 0.6 is 0 Å². The van der Waals surface area contributed by atoms with Gasteiger partial charge in [-0.15, -0.1) is 0 Å². The molecule has 1 fully saturated rings. The van der Waals surface area contributed by atoms with Gasteiger partial charge in [0.1, 0.15) is 11.4 Å². The third-order valence-corrected chi connectivity index (χ3v) is 3.79. The average molecular weight is 265 g/mol. The average Bonchev–Trinajstić information content (AvgIpc) is 2.65. The summed E-state index contributed by atoms with van der Waals surface area (Å²) in [6.07, 6.45) is 2.35. The molecule has 0 spiro atoms. The van der Waals surface area contributed by atoms with E-state index in [4.69, 9.17) is 5.73 Å². The largest absolute Gasteiger partial charge is 0.365 e. The van der Waals surface area contributed by atoms with E-state index in [1.807, 2.05) is 21.0 Å². The van der Waals surface area contributed by atoms with Crippen molar-refractivity contribution in [3.05, 3.63) is 11.3 Å². The van der Waals surface area contributed by atoms with Gasteiger partial charge in [0.05, 0.1) is 5.69 Å². The van der Waals surface area contributed by atoms with Crippen molar-refractivity contribution in [3.63, 3.8) is 0 Å². The number of anilines is 1. The number of piperidine rings is 1. The van der Waals surface area contributed by atoms with Gasteiger partial charge in [-0.2, -0.15) is 5.10 Å². The van der Waals surface area contributed by atoms with Crippen LogP contribution in [0.15, 0.2) is 0 Å². The number of carbonyl (C=O) groups is 1. The Balaban J connectivity index is 2.18. The normalized spacial score (nSPS) is 16.6. The van der Waals surface area contributed by atoms with Crippen LogP contribution in [0.5, 0.6) is 0 Å². The Morgan fingerprint density at radius 2 is 2.16 bits per heavy atom. The lowest BCUT2D eigenvalue weighted by Crippen LogP contribution is -2.35. The van der Waals surface area contributed by atoms with E-state index in [0.717, 1.165) is 25.5 Å². The Morgan fingerprint density at radius 3 is 2.74 bits per heavy atom. The van der Waals surface area contributed by atoms with Crippen molar-refractivity contribution >= 4 is 11.7 Å². The standard InChI is InChI=1S/C13H23N5O/c1-9-11(12(14)19)13(18(3)16-9)17(2)8-10-4-6-15-7-5-10/h10,15H,4-8H2,1-3H3,(H2,14,19). The first kappa shape index (κ1) is 13.9. The smallest absolute Gasteiger partial charge is 0.254 e. The number of aromatic nitrogens is 2. The van der Waals surface area contributed by atoms with Gasteiger partial charge in [-0.25, -0.2) is 0 Å². The van der Waals surface area contributed by atoms with Crippen molar-refractivity contribution < 1.29 is 4.79 Å².